The summed E-state index contributed by atoms with van der Waals surface area (Å²) in [6.07, 6.45) is 4.49. The fraction of sp³-hybridized carbons (Fsp3) is 0.308. The number of para-hydroxylation sites is 1. The van der Waals surface area contributed by atoms with Gasteiger partial charge >= 0.3 is 0 Å². The Morgan fingerprint density at radius 3 is 2.94 bits per heavy atom. The van der Waals surface area contributed by atoms with Gasteiger partial charge in [-0.1, -0.05) is 12.1 Å². The molecule has 2 aromatic rings. The molecule has 18 heavy (non-hydrogen) atoms. The standard InChI is InChI=1S/C13H14BrClN2O/c1-17-7-6-16-12(17)5-8-18-13-10(9-15)3-2-4-11(13)14/h2-4,6-7H,5,8-9H2,1H3. The monoisotopic (exact) mass is 328 g/mol. The van der Waals surface area contributed by atoms with Crippen molar-refractivity contribution in [2.24, 2.45) is 7.05 Å². The third-order valence-electron chi connectivity index (χ3n) is 2.69. The van der Waals surface area contributed by atoms with Crippen LogP contribution < -0.4 is 4.74 Å². The SMILES string of the molecule is Cn1ccnc1CCOc1c(Br)cccc1CCl. The number of nitrogens with zero attached hydrogens (tertiary/aromatic N) is 2. The largest absolute Gasteiger partial charge is 0.492 e. The molecule has 0 radical (unpaired) electrons. The molecular formula is C13H14BrClN2O. The third-order valence-corrected chi connectivity index (χ3v) is 3.60. The van der Waals surface area contributed by atoms with Crippen molar-refractivity contribution in [1.82, 2.24) is 9.55 Å². The molecule has 0 saturated carbocycles. The van der Waals surface area contributed by atoms with Gasteiger partial charge in [0, 0.05) is 31.4 Å². The lowest BCUT2D eigenvalue weighted by atomic mass is 10.2. The molecule has 96 valence electrons. The van der Waals surface area contributed by atoms with E-state index in [0.717, 1.165) is 28.0 Å². The number of halogens is 2. The van der Waals surface area contributed by atoms with Crippen LogP contribution in [0.25, 0.3) is 0 Å². The topological polar surface area (TPSA) is 27.1 Å². The van der Waals surface area contributed by atoms with Gasteiger partial charge in [-0.15, -0.1) is 11.6 Å². The van der Waals surface area contributed by atoms with Crippen LogP contribution in [0.3, 0.4) is 0 Å². The first-order valence-corrected chi connectivity index (χ1v) is 6.97. The minimum atomic E-state index is 0.442. The zero-order valence-electron chi connectivity index (χ0n) is 10.1. The Morgan fingerprint density at radius 1 is 1.44 bits per heavy atom. The summed E-state index contributed by atoms with van der Waals surface area (Å²) in [6, 6.07) is 5.87. The zero-order chi connectivity index (χ0) is 13.0. The predicted octanol–water partition coefficient (Wildman–Crippen LogP) is 3.54. The average Bonchev–Trinajstić information content (AvgIpc) is 2.77. The zero-order valence-corrected chi connectivity index (χ0v) is 12.4. The number of hydrogen-bond donors (Lipinski definition) is 0. The number of aryl methyl sites for hydroxylation is 1. The predicted molar refractivity (Wildman–Crippen MR) is 76.1 cm³/mol. The van der Waals surface area contributed by atoms with Crippen LogP contribution in [0.5, 0.6) is 5.75 Å². The minimum Gasteiger partial charge on any atom is -0.492 e. The molecule has 0 N–H and O–H groups in total. The smallest absolute Gasteiger partial charge is 0.137 e. The van der Waals surface area contributed by atoms with E-state index in [0.29, 0.717) is 12.5 Å². The maximum Gasteiger partial charge on any atom is 0.137 e. The van der Waals surface area contributed by atoms with Gasteiger partial charge in [-0.05, 0) is 22.0 Å². The van der Waals surface area contributed by atoms with Gasteiger partial charge < -0.3 is 9.30 Å². The molecule has 5 heteroatoms. The molecule has 0 bridgehead atoms. The maximum absolute atomic E-state index is 5.89. The highest BCUT2D eigenvalue weighted by atomic mass is 79.9. The van der Waals surface area contributed by atoms with Crippen LogP contribution in [0, 0.1) is 0 Å². The van der Waals surface area contributed by atoms with Gasteiger partial charge in [-0.2, -0.15) is 0 Å². The van der Waals surface area contributed by atoms with E-state index in [2.05, 4.69) is 20.9 Å². The minimum absolute atomic E-state index is 0.442. The summed E-state index contributed by atoms with van der Waals surface area (Å²) in [4.78, 5) is 4.26. The number of ether oxygens (including phenoxy) is 1. The second kappa shape index (κ2) is 6.25. The van der Waals surface area contributed by atoms with Crippen LogP contribution in [-0.2, 0) is 19.3 Å². The number of aromatic nitrogens is 2. The lowest BCUT2D eigenvalue weighted by Crippen LogP contribution is -2.07. The van der Waals surface area contributed by atoms with Crippen molar-refractivity contribution in [2.75, 3.05) is 6.61 Å². The molecule has 2 rings (SSSR count). The average molecular weight is 330 g/mol. The third kappa shape index (κ3) is 3.06. The van der Waals surface area contributed by atoms with Crippen LogP contribution in [0.4, 0.5) is 0 Å². The second-order valence-electron chi connectivity index (χ2n) is 3.91. The first-order chi connectivity index (χ1) is 8.72. The fourth-order valence-electron chi connectivity index (χ4n) is 1.70. The van der Waals surface area contributed by atoms with E-state index in [-0.39, 0.29) is 0 Å². The molecule has 3 nitrogen and oxygen atoms in total. The number of hydrogen-bond acceptors (Lipinski definition) is 2. The maximum atomic E-state index is 5.89. The quantitative estimate of drug-likeness (QED) is 0.785. The molecule has 0 spiro atoms. The normalized spacial score (nSPS) is 10.6. The van der Waals surface area contributed by atoms with E-state index in [4.69, 9.17) is 16.3 Å². The lowest BCUT2D eigenvalue weighted by Gasteiger charge is -2.11. The highest BCUT2D eigenvalue weighted by Crippen LogP contribution is 2.30. The van der Waals surface area contributed by atoms with E-state index < -0.39 is 0 Å². The van der Waals surface area contributed by atoms with E-state index in [1.165, 1.54) is 0 Å². The molecule has 0 unspecified atom stereocenters. The van der Waals surface area contributed by atoms with Gasteiger partial charge in [-0.25, -0.2) is 4.98 Å². The van der Waals surface area contributed by atoms with Gasteiger partial charge in [0.05, 0.1) is 17.0 Å². The highest BCUT2D eigenvalue weighted by Gasteiger charge is 2.08. The molecule has 1 aromatic carbocycles. The molecule has 0 amide bonds. The van der Waals surface area contributed by atoms with Crippen LogP contribution in [0.15, 0.2) is 35.1 Å². The molecule has 0 atom stereocenters. The summed E-state index contributed by atoms with van der Waals surface area (Å²) in [5.74, 6) is 2.27. The number of benzene rings is 1. The second-order valence-corrected chi connectivity index (χ2v) is 5.04. The molecular weight excluding hydrogens is 316 g/mol. The first-order valence-electron chi connectivity index (χ1n) is 5.64. The highest BCUT2D eigenvalue weighted by molar-refractivity contribution is 9.10. The number of rotatable bonds is 5. The molecule has 0 aliphatic carbocycles. The van der Waals surface area contributed by atoms with Gasteiger partial charge in [0.15, 0.2) is 0 Å². The molecule has 0 aliphatic rings. The van der Waals surface area contributed by atoms with Crippen LogP contribution in [0.1, 0.15) is 11.4 Å². The van der Waals surface area contributed by atoms with Gasteiger partial charge in [0.1, 0.15) is 11.6 Å². The van der Waals surface area contributed by atoms with Crippen molar-refractivity contribution in [1.29, 1.82) is 0 Å². The van der Waals surface area contributed by atoms with Crippen molar-refractivity contribution < 1.29 is 4.74 Å². The Kier molecular flexibility index (Phi) is 4.66. The molecule has 0 fully saturated rings. The molecule has 0 aliphatic heterocycles. The van der Waals surface area contributed by atoms with Crippen LogP contribution in [-0.4, -0.2) is 16.2 Å². The summed E-state index contributed by atoms with van der Waals surface area (Å²) >= 11 is 9.37. The Hall–Kier alpha value is -1.00. The van der Waals surface area contributed by atoms with E-state index in [1.807, 2.05) is 36.0 Å². The molecule has 1 heterocycles. The summed E-state index contributed by atoms with van der Waals surface area (Å²) in [5, 5.41) is 0. The number of imidazole rings is 1. The van der Waals surface area contributed by atoms with Crippen molar-refractivity contribution in [3.05, 3.63) is 46.5 Å². The molecule has 1 aromatic heterocycles. The van der Waals surface area contributed by atoms with E-state index >= 15 is 0 Å². The Labute approximate surface area is 120 Å². The van der Waals surface area contributed by atoms with Gasteiger partial charge in [-0.3, -0.25) is 0 Å². The van der Waals surface area contributed by atoms with Crippen molar-refractivity contribution in [3.63, 3.8) is 0 Å². The summed E-state index contributed by atoms with van der Waals surface area (Å²) in [7, 11) is 1.98. The molecule has 0 saturated heterocycles. The van der Waals surface area contributed by atoms with Crippen LogP contribution in [0.2, 0.25) is 0 Å². The van der Waals surface area contributed by atoms with E-state index in [1.54, 1.807) is 6.20 Å². The van der Waals surface area contributed by atoms with Gasteiger partial charge in [0.2, 0.25) is 0 Å². The number of alkyl halides is 1. The van der Waals surface area contributed by atoms with Gasteiger partial charge in [0.25, 0.3) is 0 Å². The lowest BCUT2D eigenvalue weighted by molar-refractivity contribution is 0.313. The summed E-state index contributed by atoms with van der Waals surface area (Å²) < 4.78 is 8.73. The van der Waals surface area contributed by atoms with Crippen LogP contribution >= 0.6 is 27.5 Å². The Morgan fingerprint density at radius 2 is 2.28 bits per heavy atom. The first kappa shape index (κ1) is 13.4. The Bertz CT molecular complexity index is 527. The van der Waals surface area contributed by atoms with E-state index in [9.17, 15) is 0 Å². The Balaban J connectivity index is 2.00. The summed E-state index contributed by atoms with van der Waals surface area (Å²) in [5.41, 5.74) is 0.992. The summed E-state index contributed by atoms with van der Waals surface area (Å²) in [6.45, 7) is 0.581. The van der Waals surface area contributed by atoms with Crippen molar-refractivity contribution in [3.8, 4) is 5.75 Å². The fourth-order valence-corrected chi connectivity index (χ4v) is 2.43. The van der Waals surface area contributed by atoms with Crippen molar-refractivity contribution in [2.45, 2.75) is 12.3 Å². The van der Waals surface area contributed by atoms with Crippen molar-refractivity contribution >= 4 is 27.5 Å².